The van der Waals surface area contributed by atoms with E-state index in [4.69, 9.17) is 4.18 Å². The topological polar surface area (TPSA) is 96.0 Å². The van der Waals surface area contributed by atoms with Crippen molar-refractivity contribution in [2.75, 3.05) is 14.2 Å². The molecule has 0 spiro atoms. The molecule has 24 heavy (non-hydrogen) atoms. The average molecular weight is 350 g/mol. The molecule has 0 N–H and O–H groups in total. The van der Waals surface area contributed by atoms with Gasteiger partial charge >= 0.3 is 22.1 Å². The molecule has 0 amide bonds. The molecule has 7 nitrogen and oxygen atoms in total. The lowest BCUT2D eigenvalue weighted by Gasteiger charge is -2.09. The van der Waals surface area contributed by atoms with Crippen molar-refractivity contribution in [2.45, 2.75) is 4.90 Å². The summed E-state index contributed by atoms with van der Waals surface area (Å²) < 4.78 is 38.8. The monoisotopic (exact) mass is 350 g/mol. The highest BCUT2D eigenvalue weighted by Gasteiger charge is 2.19. The smallest absolute Gasteiger partial charge is 0.339 e. The van der Waals surface area contributed by atoms with Crippen LogP contribution in [0.4, 0.5) is 0 Å². The van der Waals surface area contributed by atoms with Gasteiger partial charge in [-0.1, -0.05) is 12.1 Å². The van der Waals surface area contributed by atoms with E-state index in [1.165, 1.54) is 56.7 Å². The summed E-state index contributed by atoms with van der Waals surface area (Å²) in [6.45, 7) is 0. The minimum Gasteiger partial charge on any atom is -0.465 e. The summed E-state index contributed by atoms with van der Waals surface area (Å²) in [5.41, 5.74) is 0.221. The van der Waals surface area contributed by atoms with E-state index in [2.05, 4.69) is 9.47 Å². The molecule has 0 aromatic heterocycles. The van der Waals surface area contributed by atoms with Gasteiger partial charge in [-0.2, -0.15) is 8.42 Å². The van der Waals surface area contributed by atoms with Gasteiger partial charge in [0, 0.05) is 0 Å². The number of benzene rings is 2. The van der Waals surface area contributed by atoms with Gasteiger partial charge < -0.3 is 13.7 Å². The fourth-order valence-corrected chi connectivity index (χ4v) is 2.83. The predicted molar refractivity (Wildman–Crippen MR) is 83.4 cm³/mol. The second-order valence-corrected chi connectivity index (χ2v) is 6.12. The Hall–Kier alpha value is -2.87. The van der Waals surface area contributed by atoms with E-state index in [9.17, 15) is 18.0 Å². The van der Waals surface area contributed by atoms with Gasteiger partial charge in [-0.05, 0) is 36.4 Å². The Morgan fingerprint density at radius 3 is 1.96 bits per heavy atom. The van der Waals surface area contributed by atoms with Crippen LogP contribution in [0.1, 0.15) is 20.7 Å². The van der Waals surface area contributed by atoms with Crippen molar-refractivity contribution in [2.24, 2.45) is 0 Å². The highest BCUT2D eigenvalue weighted by atomic mass is 32.2. The highest BCUT2D eigenvalue weighted by Crippen LogP contribution is 2.21. The Labute approximate surface area is 138 Å². The minimum absolute atomic E-state index is 0.0543. The summed E-state index contributed by atoms with van der Waals surface area (Å²) in [7, 11) is -1.78. The minimum atomic E-state index is -4.19. The zero-order valence-corrected chi connectivity index (χ0v) is 13.7. The molecular weight excluding hydrogens is 336 g/mol. The summed E-state index contributed by atoms with van der Waals surface area (Å²) in [6, 6.07) is 10.8. The first-order valence-electron chi connectivity index (χ1n) is 6.68. The second kappa shape index (κ2) is 7.14. The third kappa shape index (κ3) is 3.90. The molecule has 126 valence electrons. The number of hydrogen-bond donors (Lipinski definition) is 0. The summed E-state index contributed by atoms with van der Waals surface area (Å²) in [6.07, 6.45) is 0. The van der Waals surface area contributed by atoms with Crippen LogP contribution in [0.15, 0.2) is 53.4 Å². The molecule has 0 fully saturated rings. The first-order chi connectivity index (χ1) is 11.4. The van der Waals surface area contributed by atoms with Crippen molar-refractivity contribution in [3.8, 4) is 5.75 Å². The van der Waals surface area contributed by atoms with Crippen molar-refractivity contribution < 1.29 is 31.7 Å². The lowest BCUT2D eigenvalue weighted by molar-refractivity contribution is 0.0591. The van der Waals surface area contributed by atoms with Gasteiger partial charge in [0.25, 0.3) is 0 Å². The molecule has 0 aliphatic heterocycles. The molecule has 0 unspecified atom stereocenters. The lowest BCUT2D eigenvalue weighted by Crippen LogP contribution is -2.12. The third-order valence-corrected chi connectivity index (χ3v) is 4.25. The number of esters is 2. The van der Waals surface area contributed by atoms with E-state index in [1.54, 1.807) is 0 Å². The SMILES string of the molecule is COC(=O)c1cccc(OS(=O)(=O)c2cccc(C(=O)OC)c2)c1. The van der Waals surface area contributed by atoms with Gasteiger partial charge in [0.1, 0.15) is 10.6 Å². The molecular formula is C16H14O7S. The Morgan fingerprint density at radius 1 is 0.833 bits per heavy atom. The van der Waals surface area contributed by atoms with Gasteiger partial charge in [-0.3, -0.25) is 0 Å². The largest absolute Gasteiger partial charge is 0.465 e. The van der Waals surface area contributed by atoms with Crippen LogP contribution in [-0.4, -0.2) is 34.6 Å². The fourth-order valence-electron chi connectivity index (χ4n) is 1.86. The second-order valence-electron chi connectivity index (χ2n) is 4.58. The Morgan fingerprint density at radius 2 is 1.38 bits per heavy atom. The summed E-state index contributed by atoms with van der Waals surface area (Å²) in [4.78, 5) is 22.8. The number of hydrogen-bond acceptors (Lipinski definition) is 7. The number of rotatable bonds is 5. The summed E-state index contributed by atoms with van der Waals surface area (Å²) >= 11 is 0. The van der Waals surface area contributed by atoms with Crippen LogP contribution in [0.2, 0.25) is 0 Å². The van der Waals surface area contributed by atoms with E-state index >= 15 is 0 Å². The van der Waals surface area contributed by atoms with Crippen LogP contribution in [0.25, 0.3) is 0 Å². The lowest BCUT2D eigenvalue weighted by atomic mass is 10.2. The number of carbonyl (C=O) groups excluding carboxylic acids is 2. The molecule has 0 saturated carbocycles. The van der Waals surface area contributed by atoms with Crippen LogP contribution in [0, 0.1) is 0 Å². The molecule has 0 saturated heterocycles. The fraction of sp³-hybridized carbons (Fsp3) is 0.125. The number of carbonyl (C=O) groups is 2. The van der Waals surface area contributed by atoms with E-state index in [-0.39, 0.29) is 21.8 Å². The van der Waals surface area contributed by atoms with Crippen molar-refractivity contribution in [3.05, 3.63) is 59.7 Å². The average Bonchev–Trinajstić information content (AvgIpc) is 2.60. The summed E-state index contributed by atoms with van der Waals surface area (Å²) in [5, 5.41) is 0. The Kier molecular flexibility index (Phi) is 5.20. The van der Waals surface area contributed by atoms with Gasteiger partial charge in [0.05, 0.1) is 25.3 Å². The van der Waals surface area contributed by atoms with E-state index in [0.29, 0.717) is 0 Å². The van der Waals surface area contributed by atoms with Gasteiger partial charge in [0.15, 0.2) is 0 Å². The normalized spacial score (nSPS) is 10.8. The Bertz CT molecular complexity index is 871. The maximum absolute atomic E-state index is 12.3. The van der Waals surface area contributed by atoms with E-state index in [0.717, 1.165) is 6.07 Å². The van der Waals surface area contributed by atoms with Crippen molar-refractivity contribution >= 4 is 22.1 Å². The van der Waals surface area contributed by atoms with Gasteiger partial charge in [0.2, 0.25) is 0 Å². The van der Waals surface area contributed by atoms with Gasteiger partial charge in [-0.25, -0.2) is 9.59 Å². The van der Waals surface area contributed by atoms with Crippen LogP contribution in [0.3, 0.4) is 0 Å². The molecule has 2 rings (SSSR count). The standard InChI is InChI=1S/C16H14O7S/c1-21-15(17)11-5-3-7-13(9-11)23-24(19,20)14-8-4-6-12(10-14)16(18)22-2/h3-10H,1-2H3. The van der Waals surface area contributed by atoms with Crippen LogP contribution < -0.4 is 4.18 Å². The quantitative estimate of drug-likeness (QED) is 0.601. The molecule has 0 atom stereocenters. The van der Waals surface area contributed by atoms with Crippen molar-refractivity contribution in [1.82, 2.24) is 0 Å². The molecule has 0 aliphatic carbocycles. The molecule has 2 aromatic carbocycles. The number of methoxy groups -OCH3 is 2. The zero-order chi connectivity index (χ0) is 17.7. The van der Waals surface area contributed by atoms with Crippen molar-refractivity contribution in [1.29, 1.82) is 0 Å². The van der Waals surface area contributed by atoms with E-state index in [1.807, 2.05) is 0 Å². The van der Waals surface area contributed by atoms with Crippen LogP contribution in [-0.2, 0) is 19.6 Å². The molecule has 8 heteroatoms. The van der Waals surface area contributed by atoms with Gasteiger partial charge in [-0.15, -0.1) is 0 Å². The Balaban J connectivity index is 2.32. The summed E-state index contributed by atoms with van der Waals surface area (Å²) in [5.74, 6) is -1.34. The molecule has 0 bridgehead atoms. The van der Waals surface area contributed by atoms with Crippen molar-refractivity contribution in [3.63, 3.8) is 0 Å². The first kappa shape index (κ1) is 17.5. The van der Waals surface area contributed by atoms with E-state index < -0.39 is 22.1 Å². The highest BCUT2D eigenvalue weighted by molar-refractivity contribution is 7.87. The van der Waals surface area contributed by atoms with Crippen LogP contribution in [0.5, 0.6) is 5.75 Å². The maximum Gasteiger partial charge on any atom is 0.339 e. The molecule has 2 aromatic rings. The zero-order valence-electron chi connectivity index (χ0n) is 12.9. The first-order valence-corrected chi connectivity index (χ1v) is 8.09. The molecule has 0 aliphatic rings. The molecule has 0 heterocycles. The maximum atomic E-state index is 12.3. The predicted octanol–water partition coefficient (Wildman–Crippen LogP) is 2.03. The third-order valence-electron chi connectivity index (χ3n) is 3.00. The molecule has 0 radical (unpaired) electrons. The number of ether oxygens (including phenoxy) is 2. The van der Waals surface area contributed by atoms with Crippen LogP contribution >= 0.6 is 0 Å².